The summed E-state index contributed by atoms with van der Waals surface area (Å²) in [6.45, 7) is 5.71. The predicted octanol–water partition coefficient (Wildman–Crippen LogP) is 4.72. The number of aliphatic hydroxyl groups is 1. The first-order chi connectivity index (χ1) is 16.3. The third kappa shape index (κ3) is 4.36. The van der Waals surface area contributed by atoms with Crippen molar-refractivity contribution in [2.24, 2.45) is 0 Å². The van der Waals surface area contributed by atoms with Gasteiger partial charge in [0.1, 0.15) is 0 Å². The zero-order valence-corrected chi connectivity index (χ0v) is 19.9. The predicted molar refractivity (Wildman–Crippen MR) is 128 cm³/mol. The van der Waals surface area contributed by atoms with Crippen LogP contribution in [0.2, 0.25) is 0 Å². The highest BCUT2D eigenvalue weighted by Gasteiger charge is 2.44. The Kier molecular flexibility index (Phi) is 6.61. The van der Waals surface area contributed by atoms with Crippen LogP contribution >= 0.6 is 11.3 Å². The van der Waals surface area contributed by atoms with E-state index >= 15 is 0 Å². The molecule has 1 aliphatic heterocycles. The standard InChI is InChI=1S/C26H24N2O5S/c1-4-33-26(32)19-12-10-17(11-13-19)14-28-21(18-8-6-5-7-9-18)20(23(30)25(28)31)22(29)24-15(2)27-16(3)34-24/h5-13,21,30H,4,14H2,1-3H3. The molecule has 7 nitrogen and oxygen atoms in total. The number of hydrogen-bond acceptors (Lipinski definition) is 7. The Hall–Kier alpha value is -3.78. The highest BCUT2D eigenvalue weighted by molar-refractivity contribution is 7.14. The summed E-state index contributed by atoms with van der Waals surface area (Å²) in [5, 5.41) is 11.6. The summed E-state index contributed by atoms with van der Waals surface area (Å²) in [4.78, 5) is 44.8. The molecule has 0 bridgehead atoms. The van der Waals surface area contributed by atoms with Gasteiger partial charge in [0, 0.05) is 6.54 Å². The summed E-state index contributed by atoms with van der Waals surface area (Å²) in [5.41, 5.74) is 2.48. The van der Waals surface area contributed by atoms with E-state index in [-0.39, 0.29) is 18.7 Å². The number of hydrogen-bond donors (Lipinski definition) is 1. The van der Waals surface area contributed by atoms with Gasteiger partial charge in [-0.05, 0) is 44.0 Å². The van der Waals surface area contributed by atoms with Crippen LogP contribution in [-0.4, -0.2) is 39.3 Å². The second kappa shape index (κ2) is 9.61. The van der Waals surface area contributed by atoms with Gasteiger partial charge >= 0.3 is 5.97 Å². The first-order valence-corrected chi connectivity index (χ1v) is 11.7. The lowest BCUT2D eigenvalue weighted by atomic mass is 9.95. The second-order valence-electron chi connectivity index (χ2n) is 7.90. The van der Waals surface area contributed by atoms with Crippen LogP contribution in [0.3, 0.4) is 0 Å². The van der Waals surface area contributed by atoms with Crippen molar-refractivity contribution in [2.45, 2.75) is 33.4 Å². The number of nitrogens with zero attached hydrogens (tertiary/aromatic N) is 2. The van der Waals surface area contributed by atoms with Gasteiger partial charge in [0.25, 0.3) is 5.91 Å². The number of benzene rings is 2. The molecule has 0 spiro atoms. The minimum Gasteiger partial charge on any atom is -0.503 e. The fraction of sp³-hybridized carbons (Fsp3) is 0.231. The lowest BCUT2D eigenvalue weighted by Gasteiger charge is -2.27. The summed E-state index contributed by atoms with van der Waals surface area (Å²) in [5.74, 6) is -1.99. The molecule has 4 rings (SSSR count). The Morgan fingerprint density at radius 1 is 1.09 bits per heavy atom. The number of amides is 1. The van der Waals surface area contributed by atoms with Crippen molar-refractivity contribution in [3.05, 3.63) is 98.2 Å². The number of carbonyl (C=O) groups excluding carboxylic acids is 3. The average Bonchev–Trinajstić information content (AvgIpc) is 3.30. The molecule has 174 valence electrons. The smallest absolute Gasteiger partial charge is 0.338 e. The van der Waals surface area contributed by atoms with Gasteiger partial charge in [-0.15, -0.1) is 11.3 Å². The molecule has 1 N–H and O–H groups in total. The Labute approximate surface area is 201 Å². The molecule has 8 heteroatoms. The van der Waals surface area contributed by atoms with Crippen LogP contribution in [0.25, 0.3) is 0 Å². The zero-order chi connectivity index (χ0) is 24.4. The number of esters is 1. The van der Waals surface area contributed by atoms with Crippen molar-refractivity contribution in [3.63, 3.8) is 0 Å². The van der Waals surface area contributed by atoms with Crippen LogP contribution in [0.15, 0.2) is 65.9 Å². The number of aryl methyl sites for hydroxylation is 2. The fourth-order valence-electron chi connectivity index (χ4n) is 4.05. The second-order valence-corrected chi connectivity index (χ2v) is 9.11. The SMILES string of the molecule is CCOC(=O)c1ccc(CN2C(=O)C(O)=C(C(=O)c3sc(C)nc3C)C2c2ccccc2)cc1. The minimum atomic E-state index is -0.757. The first-order valence-electron chi connectivity index (χ1n) is 10.9. The Morgan fingerprint density at radius 3 is 2.35 bits per heavy atom. The summed E-state index contributed by atoms with van der Waals surface area (Å²) in [6.07, 6.45) is 0. The van der Waals surface area contributed by atoms with Crippen LogP contribution in [-0.2, 0) is 16.1 Å². The summed E-state index contributed by atoms with van der Waals surface area (Å²) in [7, 11) is 0. The van der Waals surface area contributed by atoms with Crippen molar-refractivity contribution in [2.75, 3.05) is 6.61 Å². The average molecular weight is 477 g/mol. The molecule has 1 atom stereocenters. The van der Waals surface area contributed by atoms with E-state index in [0.29, 0.717) is 21.7 Å². The highest BCUT2D eigenvalue weighted by atomic mass is 32.1. The number of thiazole rings is 1. The normalized spacial score (nSPS) is 15.7. The third-order valence-corrected chi connectivity index (χ3v) is 6.66. The van der Waals surface area contributed by atoms with Crippen molar-refractivity contribution in [1.82, 2.24) is 9.88 Å². The lowest BCUT2D eigenvalue weighted by molar-refractivity contribution is -0.130. The maximum Gasteiger partial charge on any atom is 0.338 e. The van der Waals surface area contributed by atoms with Crippen molar-refractivity contribution < 1.29 is 24.2 Å². The van der Waals surface area contributed by atoms with E-state index in [4.69, 9.17) is 4.74 Å². The quantitative estimate of drug-likeness (QED) is 0.392. The Bertz CT molecular complexity index is 1280. The molecule has 0 aliphatic carbocycles. The molecule has 1 aromatic heterocycles. The molecular weight excluding hydrogens is 452 g/mol. The Morgan fingerprint density at radius 2 is 1.76 bits per heavy atom. The fourth-order valence-corrected chi connectivity index (χ4v) is 4.93. The summed E-state index contributed by atoms with van der Waals surface area (Å²) >= 11 is 1.24. The summed E-state index contributed by atoms with van der Waals surface area (Å²) < 4.78 is 5.02. The van der Waals surface area contributed by atoms with Gasteiger partial charge in [0.2, 0.25) is 5.78 Å². The first kappa shape index (κ1) is 23.4. The third-order valence-electron chi connectivity index (χ3n) is 5.59. The molecule has 0 saturated heterocycles. The van der Waals surface area contributed by atoms with Crippen molar-refractivity contribution in [1.29, 1.82) is 0 Å². The number of carbonyl (C=O) groups is 3. The van der Waals surface area contributed by atoms with Crippen molar-refractivity contribution in [3.8, 4) is 0 Å². The van der Waals surface area contributed by atoms with E-state index in [9.17, 15) is 19.5 Å². The molecule has 34 heavy (non-hydrogen) atoms. The van der Waals surface area contributed by atoms with Crippen LogP contribution in [0.4, 0.5) is 0 Å². The number of rotatable bonds is 7. The molecule has 3 aromatic rings. The van der Waals surface area contributed by atoms with Crippen LogP contribution in [0, 0.1) is 13.8 Å². The van der Waals surface area contributed by atoms with Crippen molar-refractivity contribution >= 4 is 29.0 Å². The van der Waals surface area contributed by atoms with Gasteiger partial charge < -0.3 is 14.7 Å². The molecule has 0 radical (unpaired) electrons. The van der Waals surface area contributed by atoms with E-state index in [1.54, 1.807) is 38.1 Å². The number of ketones is 1. The maximum absolute atomic E-state index is 13.5. The van der Waals surface area contributed by atoms with Gasteiger partial charge in [0.05, 0.1) is 39.4 Å². The van der Waals surface area contributed by atoms with Gasteiger partial charge in [-0.2, -0.15) is 0 Å². The molecule has 2 heterocycles. The lowest BCUT2D eigenvalue weighted by Crippen LogP contribution is -2.30. The molecule has 1 unspecified atom stereocenters. The van der Waals surface area contributed by atoms with E-state index in [1.165, 1.54) is 16.2 Å². The van der Waals surface area contributed by atoms with E-state index in [1.807, 2.05) is 37.3 Å². The molecular formula is C26H24N2O5S. The van der Waals surface area contributed by atoms with Crippen LogP contribution in [0.5, 0.6) is 0 Å². The van der Waals surface area contributed by atoms with E-state index in [2.05, 4.69) is 4.98 Å². The largest absolute Gasteiger partial charge is 0.503 e. The molecule has 0 fully saturated rings. The number of Topliss-reactive ketones (excluding diaryl/α,β-unsaturated/α-hetero) is 1. The number of aromatic nitrogens is 1. The summed E-state index contributed by atoms with van der Waals surface area (Å²) in [6, 6.07) is 15.1. The maximum atomic E-state index is 13.5. The number of aliphatic hydroxyl groups excluding tert-OH is 1. The van der Waals surface area contributed by atoms with E-state index in [0.717, 1.165) is 10.6 Å². The number of ether oxygens (including phenoxy) is 1. The van der Waals surface area contributed by atoms with Gasteiger partial charge in [-0.25, -0.2) is 9.78 Å². The zero-order valence-electron chi connectivity index (χ0n) is 19.1. The van der Waals surface area contributed by atoms with Gasteiger partial charge in [0.15, 0.2) is 5.76 Å². The molecule has 1 amide bonds. The Balaban J connectivity index is 1.70. The van der Waals surface area contributed by atoms with Gasteiger partial charge in [-0.1, -0.05) is 42.5 Å². The molecule has 2 aromatic carbocycles. The van der Waals surface area contributed by atoms with Crippen LogP contribution in [0.1, 0.15) is 54.8 Å². The minimum absolute atomic E-state index is 0.0473. The monoisotopic (exact) mass is 476 g/mol. The topological polar surface area (TPSA) is 96.8 Å². The highest BCUT2D eigenvalue weighted by Crippen LogP contribution is 2.40. The van der Waals surface area contributed by atoms with Crippen LogP contribution < -0.4 is 0 Å². The molecule has 1 aliphatic rings. The molecule has 0 saturated carbocycles. The van der Waals surface area contributed by atoms with E-state index < -0.39 is 29.5 Å². The van der Waals surface area contributed by atoms with Gasteiger partial charge in [-0.3, -0.25) is 9.59 Å².